The number of benzene rings is 1. The second kappa shape index (κ2) is 6.89. The molecule has 0 amide bonds. The van der Waals surface area contributed by atoms with E-state index in [4.69, 9.17) is 0 Å². The zero-order valence-corrected chi connectivity index (χ0v) is 11.6. The van der Waals surface area contributed by atoms with Gasteiger partial charge in [-0.2, -0.15) is 0 Å². The van der Waals surface area contributed by atoms with Crippen molar-refractivity contribution in [1.29, 1.82) is 0 Å². The van der Waals surface area contributed by atoms with Crippen molar-refractivity contribution in [1.82, 2.24) is 0 Å². The number of carbonyl (C=O) groups is 2. The predicted octanol–water partition coefficient (Wildman–Crippen LogP) is 2.74. The molecule has 4 heteroatoms. The lowest BCUT2D eigenvalue weighted by Gasteiger charge is -2.20. The number of fused-ring (bicyclic) bond motifs is 1. The zero-order valence-electron chi connectivity index (χ0n) is 11.6. The van der Waals surface area contributed by atoms with Crippen LogP contribution < -0.4 is 5.32 Å². The first-order valence-corrected chi connectivity index (χ1v) is 6.86. The smallest absolute Gasteiger partial charge is 0.330 e. The summed E-state index contributed by atoms with van der Waals surface area (Å²) in [6, 6.07) is 5.86. The summed E-state index contributed by atoms with van der Waals surface area (Å²) in [6.45, 7) is 0.916. The number of methoxy groups -OCH3 is 1. The average molecular weight is 273 g/mol. The van der Waals surface area contributed by atoms with Crippen molar-refractivity contribution in [3.8, 4) is 0 Å². The van der Waals surface area contributed by atoms with Crippen LogP contribution in [-0.2, 0) is 16.0 Å². The molecule has 0 saturated heterocycles. The Morgan fingerprint density at radius 3 is 3.05 bits per heavy atom. The molecule has 0 fully saturated rings. The summed E-state index contributed by atoms with van der Waals surface area (Å²) in [5.74, 6) is -0.290. The molecule has 1 aromatic rings. The van der Waals surface area contributed by atoms with Crippen molar-refractivity contribution in [3.05, 3.63) is 41.5 Å². The number of hydrogen-bond donors (Lipinski definition) is 1. The Morgan fingerprint density at radius 1 is 1.40 bits per heavy atom. The van der Waals surface area contributed by atoms with Crippen molar-refractivity contribution < 1.29 is 14.3 Å². The van der Waals surface area contributed by atoms with Crippen LogP contribution in [0.5, 0.6) is 0 Å². The van der Waals surface area contributed by atoms with E-state index < -0.39 is 5.97 Å². The van der Waals surface area contributed by atoms with Gasteiger partial charge in [0.1, 0.15) is 0 Å². The number of hydrogen-bond acceptors (Lipinski definition) is 4. The van der Waals surface area contributed by atoms with Gasteiger partial charge >= 0.3 is 5.97 Å². The molecular formula is C16H19NO3. The fourth-order valence-corrected chi connectivity index (χ4v) is 2.34. The van der Waals surface area contributed by atoms with Crippen molar-refractivity contribution in [2.24, 2.45) is 0 Å². The van der Waals surface area contributed by atoms with Gasteiger partial charge in [0.25, 0.3) is 0 Å². The van der Waals surface area contributed by atoms with E-state index in [1.54, 1.807) is 6.08 Å². The highest BCUT2D eigenvalue weighted by Crippen LogP contribution is 2.27. The van der Waals surface area contributed by atoms with Crippen molar-refractivity contribution in [3.63, 3.8) is 0 Å². The number of rotatable bonds is 5. The SMILES string of the molecule is COC(=O)/C=C/CCC(=O)c1cccc2c1NCCC2. The highest BCUT2D eigenvalue weighted by molar-refractivity contribution is 6.02. The number of anilines is 1. The third kappa shape index (κ3) is 3.47. The second-order valence-electron chi connectivity index (χ2n) is 4.76. The molecule has 0 radical (unpaired) electrons. The summed E-state index contributed by atoms with van der Waals surface area (Å²) in [5.41, 5.74) is 2.96. The van der Waals surface area contributed by atoms with Crippen LogP contribution in [0.25, 0.3) is 0 Å². The van der Waals surface area contributed by atoms with Gasteiger partial charge < -0.3 is 10.1 Å². The van der Waals surface area contributed by atoms with Gasteiger partial charge in [-0.3, -0.25) is 4.79 Å². The van der Waals surface area contributed by atoms with Crippen LogP contribution in [0.1, 0.15) is 35.2 Å². The third-order valence-electron chi connectivity index (χ3n) is 3.37. The van der Waals surface area contributed by atoms with Crippen molar-refractivity contribution in [2.75, 3.05) is 19.0 Å². The van der Waals surface area contributed by atoms with Gasteiger partial charge in [0.15, 0.2) is 5.78 Å². The Kier molecular flexibility index (Phi) is 4.93. The third-order valence-corrected chi connectivity index (χ3v) is 3.37. The molecule has 0 atom stereocenters. The van der Waals surface area contributed by atoms with Gasteiger partial charge in [-0.15, -0.1) is 0 Å². The summed E-state index contributed by atoms with van der Waals surface area (Å²) in [6.07, 6.45) is 6.08. The first-order chi connectivity index (χ1) is 9.72. The number of ether oxygens (including phenoxy) is 1. The lowest BCUT2D eigenvalue weighted by atomic mass is 9.96. The van der Waals surface area contributed by atoms with Crippen LogP contribution in [0, 0.1) is 0 Å². The summed E-state index contributed by atoms with van der Waals surface area (Å²) in [5, 5.41) is 3.32. The molecule has 0 spiro atoms. The van der Waals surface area contributed by atoms with Crippen molar-refractivity contribution in [2.45, 2.75) is 25.7 Å². The molecule has 20 heavy (non-hydrogen) atoms. The average Bonchev–Trinajstić information content (AvgIpc) is 2.50. The lowest BCUT2D eigenvalue weighted by molar-refractivity contribution is -0.134. The van der Waals surface area contributed by atoms with E-state index in [1.807, 2.05) is 12.1 Å². The van der Waals surface area contributed by atoms with Crippen LogP contribution in [-0.4, -0.2) is 25.4 Å². The van der Waals surface area contributed by atoms with Crippen molar-refractivity contribution >= 4 is 17.4 Å². The summed E-state index contributed by atoms with van der Waals surface area (Å²) >= 11 is 0. The molecule has 4 nitrogen and oxygen atoms in total. The molecule has 106 valence electrons. The van der Waals surface area contributed by atoms with E-state index in [0.29, 0.717) is 12.8 Å². The molecule has 0 unspecified atom stereocenters. The largest absolute Gasteiger partial charge is 0.466 e. The van der Waals surface area contributed by atoms with Crippen LogP contribution in [0.2, 0.25) is 0 Å². The van der Waals surface area contributed by atoms with Crippen LogP contribution in [0.3, 0.4) is 0 Å². The first-order valence-electron chi connectivity index (χ1n) is 6.86. The Labute approximate surface area is 118 Å². The Morgan fingerprint density at radius 2 is 2.25 bits per heavy atom. The molecule has 0 aliphatic carbocycles. The Bertz CT molecular complexity index is 535. The molecular weight excluding hydrogens is 254 g/mol. The number of esters is 1. The van der Waals surface area contributed by atoms with E-state index in [0.717, 1.165) is 30.6 Å². The second-order valence-corrected chi connectivity index (χ2v) is 4.76. The number of carbonyl (C=O) groups excluding carboxylic acids is 2. The van der Waals surface area contributed by atoms with E-state index in [2.05, 4.69) is 16.1 Å². The van der Waals surface area contributed by atoms with E-state index in [-0.39, 0.29) is 5.78 Å². The molecule has 2 rings (SSSR count). The minimum atomic E-state index is -0.392. The minimum Gasteiger partial charge on any atom is -0.466 e. The minimum absolute atomic E-state index is 0.103. The van der Waals surface area contributed by atoms with Crippen LogP contribution in [0.4, 0.5) is 5.69 Å². The van der Waals surface area contributed by atoms with E-state index >= 15 is 0 Å². The summed E-state index contributed by atoms with van der Waals surface area (Å²) < 4.78 is 4.50. The number of nitrogens with one attached hydrogen (secondary N) is 1. The van der Waals surface area contributed by atoms with Crippen LogP contribution >= 0.6 is 0 Å². The number of ketones is 1. The number of Topliss-reactive ketones (excluding diaryl/α,β-unsaturated/α-hetero) is 1. The number of allylic oxidation sites excluding steroid dienone is 1. The number of para-hydroxylation sites is 1. The summed E-state index contributed by atoms with van der Waals surface area (Å²) in [7, 11) is 1.33. The molecule has 0 saturated carbocycles. The van der Waals surface area contributed by atoms with Gasteiger partial charge in [-0.1, -0.05) is 18.2 Å². The first kappa shape index (κ1) is 14.3. The van der Waals surface area contributed by atoms with Gasteiger partial charge in [0.05, 0.1) is 7.11 Å². The highest BCUT2D eigenvalue weighted by Gasteiger charge is 2.16. The van der Waals surface area contributed by atoms with Crippen LogP contribution in [0.15, 0.2) is 30.4 Å². The monoisotopic (exact) mass is 273 g/mol. The standard InChI is InChI=1S/C16H19NO3/c1-20-15(19)10-3-2-9-14(18)13-8-4-6-12-7-5-11-17-16(12)13/h3-4,6,8,10,17H,2,5,7,9,11H2,1H3/b10-3+. The predicted molar refractivity (Wildman–Crippen MR) is 78.0 cm³/mol. The van der Waals surface area contributed by atoms with E-state index in [9.17, 15) is 9.59 Å². The quantitative estimate of drug-likeness (QED) is 0.509. The molecule has 0 bridgehead atoms. The van der Waals surface area contributed by atoms with Gasteiger partial charge in [-0.25, -0.2) is 4.79 Å². The normalized spacial score (nSPS) is 13.7. The zero-order chi connectivity index (χ0) is 14.4. The van der Waals surface area contributed by atoms with Gasteiger partial charge in [0, 0.05) is 30.3 Å². The highest BCUT2D eigenvalue weighted by atomic mass is 16.5. The fraction of sp³-hybridized carbons (Fsp3) is 0.375. The maximum absolute atomic E-state index is 12.2. The maximum atomic E-state index is 12.2. The molecule has 1 heterocycles. The Balaban J connectivity index is 1.99. The topological polar surface area (TPSA) is 55.4 Å². The number of aryl methyl sites for hydroxylation is 1. The maximum Gasteiger partial charge on any atom is 0.330 e. The van der Waals surface area contributed by atoms with E-state index in [1.165, 1.54) is 18.7 Å². The van der Waals surface area contributed by atoms with Gasteiger partial charge in [0.2, 0.25) is 0 Å². The molecule has 0 aromatic heterocycles. The van der Waals surface area contributed by atoms with Gasteiger partial charge in [-0.05, 0) is 30.9 Å². The molecule has 1 aromatic carbocycles. The lowest BCUT2D eigenvalue weighted by Crippen LogP contribution is -2.15. The molecule has 1 aliphatic rings. The Hall–Kier alpha value is -2.10. The molecule has 1 aliphatic heterocycles. The summed E-state index contributed by atoms with van der Waals surface area (Å²) in [4.78, 5) is 23.2. The molecule has 1 N–H and O–H groups in total. The fourth-order valence-electron chi connectivity index (χ4n) is 2.34.